The Balaban J connectivity index is 2.48. The van der Waals surface area contributed by atoms with Crippen LogP contribution in [-0.2, 0) is 6.42 Å². The lowest BCUT2D eigenvalue weighted by atomic mass is 10.0. The normalized spacial score (nSPS) is 10.5. The molecule has 0 aliphatic carbocycles. The molecule has 0 heterocycles. The molecule has 0 bridgehead atoms. The zero-order valence-electron chi connectivity index (χ0n) is 10.5. The van der Waals surface area contributed by atoms with Crippen molar-refractivity contribution in [1.29, 1.82) is 0 Å². The lowest BCUT2D eigenvalue weighted by Crippen LogP contribution is -2.21. The second-order valence-corrected chi connectivity index (χ2v) is 4.45. The summed E-state index contributed by atoms with van der Waals surface area (Å²) >= 11 is 0. The van der Waals surface area contributed by atoms with E-state index < -0.39 is 0 Å². The predicted molar refractivity (Wildman–Crippen MR) is 71.3 cm³/mol. The van der Waals surface area contributed by atoms with Crippen LogP contribution in [0.25, 0.3) is 10.8 Å². The lowest BCUT2D eigenvalue weighted by Gasteiger charge is -2.11. The molecule has 0 aliphatic heterocycles. The maximum atomic E-state index is 11.8. The van der Waals surface area contributed by atoms with E-state index in [2.05, 4.69) is 25.1 Å². The molecule has 0 atom stereocenters. The molecular formula is C15H17NO. The van der Waals surface area contributed by atoms with Gasteiger partial charge in [-0.05, 0) is 34.9 Å². The van der Waals surface area contributed by atoms with Crippen molar-refractivity contribution < 1.29 is 4.79 Å². The number of carbonyl (C=O) groups excluding carboxylic acids is 1. The molecule has 0 saturated heterocycles. The van der Waals surface area contributed by atoms with E-state index in [1.54, 1.807) is 19.0 Å². The number of benzene rings is 2. The third-order valence-corrected chi connectivity index (χ3v) is 2.97. The van der Waals surface area contributed by atoms with Crippen molar-refractivity contribution in [2.75, 3.05) is 14.1 Å². The van der Waals surface area contributed by atoms with E-state index in [-0.39, 0.29) is 5.91 Å². The molecule has 1 amide bonds. The number of amides is 1. The van der Waals surface area contributed by atoms with Crippen LogP contribution in [0.5, 0.6) is 0 Å². The second kappa shape index (κ2) is 4.58. The van der Waals surface area contributed by atoms with Crippen molar-refractivity contribution in [1.82, 2.24) is 4.90 Å². The van der Waals surface area contributed by atoms with Gasteiger partial charge in [-0.2, -0.15) is 0 Å². The molecule has 2 aromatic rings. The highest BCUT2D eigenvalue weighted by Crippen LogP contribution is 2.19. The Morgan fingerprint density at radius 1 is 1.06 bits per heavy atom. The summed E-state index contributed by atoms with van der Waals surface area (Å²) < 4.78 is 0. The van der Waals surface area contributed by atoms with E-state index in [1.165, 1.54) is 10.9 Å². The van der Waals surface area contributed by atoms with Crippen molar-refractivity contribution in [2.45, 2.75) is 13.3 Å². The van der Waals surface area contributed by atoms with Crippen molar-refractivity contribution >= 4 is 16.7 Å². The van der Waals surface area contributed by atoms with Gasteiger partial charge in [-0.25, -0.2) is 0 Å². The monoisotopic (exact) mass is 227 g/mol. The highest BCUT2D eigenvalue weighted by molar-refractivity contribution is 5.98. The summed E-state index contributed by atoms with van der Waals surface area (Å²) in [6.45, 7) is 2.14. The SMILES string of the molecule is CCc1ccc2cc(C(=O)N(C)C)ccc2c1. The van der Waals surface area contributed by atoms with Crippen molar-refractivity contribution in [3.63, 3.8) is 0 Å². The van der Waals surface area contributed by atoms with E-state index in [4.69, 9.17) is 0 Å². The number of rotatable bonds is 2. The number of hydrogen-bond donors (Lipinski definition) is 0. The Kier molecular flexibility index (Phi) is 3.14. The van der Waals surface area contributed by atoms with Gasteiger partial charge in [-0.1, -0.05) is 31.2 Å². The maximum Gasteiger partial charge on any atom is 0.253 e. The van der Waals surface area contributed by atoms with Crippen LogP contribution in [0.1, 0.15) is 22.8 Å². The van der Waals surface area contributed by atoms with Crippen molar-refractivity contribution in [3.05, 3.63) is 47.5 Å². The van der Waals surface area contributed by atoms with Gasteiger partial charge in [0.15, 0.2) is 0 Å². The minimum Gasteiger partial charge on any atom is -0.345 e. The molecule has 2 aromatic carbocycles. The summed E-state index contributed by atoms with van der Waals surface area (Å²) in [5.74, 6) is 0.0477. The molecule has 0 fully saturated rings. The average molecular weight is 227 g/mol. The van der Waals surface area contributed by atoms with E-state index in [0.717, 1.165) is 17.4 Å². The fourth-order valence-electron chi connectivity index (χ4n) is 1.91. The summed E-state index contributed by atoms with van der Waals surface area (Å²) in [6.07, 6.45) is 1.04. The molecular weight excluding hydrogens is 210 g/mol. The molecule has 2 nitrogen and oxygen atoms in total. The van der Waals surface area contributed by atoms with Gasteiger partial charge in [0.2, 0.25) is 0 Å². The molecule has 0 aliphatic rings. The van der Waals surface area contributed by atoms with E-state index in [0.29, 0.717) is 0 Å². The van der Waals surface area contributed by atoms with Crippen molar-refractivity contribution in [3.8, 4) is 0 Å². The van der Waals surface area contributed by atoms with Gasteiger partial charge in [0.1, 0.15) is 0 Å². The molecule has 0 radical (unpaired) electrons. The van der Waals surface area contributed by atoms with Crippen LogP contribution >= 0.6 is 0 Å². The standard InChI is InChI=1S/C15H17NO/c1-4-11-5-6-13-10-14(15(17)16(2)3)8-7-12(13)9-11/h5-10H,4H2,1-3H3. The smallest absolute Gasteiger partial charge is 0.253 e. The summed E-state index contributed by atoms with van der Waals surface area (Å²) in [5.41, 5.74) is 2.07. The fraction of sp³-hybridized carbons (Fsp3) is 0.267. The number of carbonyl (C=O) groups is 1. The average Bonchev–Trinajstić information content (AvgIpc) is 2.36. The van der Waals surface area contributed by atoms with E-state index >= 15 is 0 Å². The summed E-state index contributed by atoms with van der Waals surface area (Å²) in [5, 5.41) is 2.31. The number of nitrogens with zero attached hydrogens (tertiary/aromatic N) is 1. The van der Waals surface area contributed by atoms with Gasteiger partial charge in [-0.3, -0.25) is 4.79 Å². The first kappa shape index (κ1) is 11.6. The minimum atomic E-state index is 0.0477. The first-order valence-electron chi connectivity index (χ1n) is 5.86. The zero-order chi connectivity index (χ0) is 12.4. The molecule has 0 aromatic heterocycles. The fourth-order valence-corrected chi connectivity index (χ4v) is 1.91. The Bertz CT molecular complexity index is 558. The third kappa shape index (κ3) is 2.31. The van der Waals surface area contributed by atoms with Gasteiger partial charge in [-0.15, -0.1) is 0 Å². The Morgan fingerprint density at radius 3 is 2.35 bits per heavy atom. The highest BCUT2D eigenvalue weighted by atomic mass is 16.2. The Labute approximate surface area is 102 Å². The van der Waals surface area contributed by atoms with Crippen LogP contribution in [0, 0.1) is 0 Å². The first-order chi connectivity index (χ1) is 8.11. The zero-order valence-corrected chi connectivity index (χ0v) is 10.5. The van der Waals surface area contributed by atoms with Gasteiger partial charge in [0, 0.05) is 19.7 Å². The van der Waals surface area contributed by atoms with Crippen LogP contribution in [0.2, 0.25) is 0 Å². The highest BCUT2D eigenvalue weighted by Gasteiger charge is 2.08. The van der Waals surface area contributed by atoms with Crippen LogP contribution < -0.4 is 0 Å². The van der Waals surface area contributed by atoms with Gasteiger partial charge in [0.05, 0.1) is 0 Å². The Hall–Kier alpha value is -1.83. The second-order valence-electron chi connectivity index (χ2n) is 4.45. The first-order valence-corrected chi connectivity index (χ1v) is 5.86. The molecule has 2 heteroatoms. The van der Waals surface area contributed by atoms with Crippen LogP contribution in [0.4, 0.5) is 0 Å². The van der Waals surface area contributed by atoms with E-state index in [1.807, 2.05) is 18.2 Å². The molecule has 0 unspecified atom stereocenters. The predicted octanol–water partition coefficient (Wildman–Crippen LogP) is 3.10. The lowest BCUT2D eigenvalue weighted by molar-refractivity contribution is 0.0828. The van der Waals surface area contributed by atoms with Crippen LogP contribution in [0.3, 0.4) is 0 Å². The molecule has 17 heavy (non-hydrogen) atoms. The summed E-state index contributed by atoms with van der Waals surface area (Å²) in [4.78, 5) is 13.4. The van der Waals surface area contributed by atoms with Crippen LogP contribution in [0.15, 0.2) is 36.4 Å². The molecule has 0 saturated carbocycles. The molecule has 2 rings (SSSR count). The van der Waals surface area contributed by atoms with Gasteiger partial charge in [0.25, 0.3) is 5.91 Å². The van der Waals surface area contributed by atoms with Crippen molar-refractivity contribution in [2.24, 2.45) is 0 Å². The van der Waals surface area contributed by atoms with Crippen LogP contribution in [-0.4, -0.2) is 24.9 Å². The summed E-state index contributed by atoms with van der Waals surface area (Å²) in [7, 11) is 3.54. The number of hydrogen-bond acceptors (Lipinski definition) is 1. The Morgan fingerprint density at radius 2 is 1.71 bits per heavy atom. The van der Waals surface area contributed by atoms with Gasteiger partial charge < -0.3 is 4.90 Å². The van der Waals surface area contributed by atoms with E-state index in [9.17, 15) is 4.79 Å². The third-order valence-electron chi connectivity index (χ3n) is 2.97. The quantitative estimate of drug-likeness (QED) is 0.772. The molecule has 88 valence electrons. The summed E-state index contributed by atoms with van der Waals surface area (Å²) in [6, 6.07) is 12.2. The molecule has 0 N–H and O–H groups in total. The maximum absolute atomic E-state index is 11.8. The number of fused-ring (bicyclic) bond motifs is 1. The number of aryl methyl sites for hydroxylation is 1. The molecule has 0 spiro atoms. The largest absolute Gasteiger partial charge is 0.345 e. The van der Waals surface area contributed by atoms with Gasteiger partial charge >= 0.3 is 0 Å². The minimum absolute atomic E-state index is 0.0477. The topological polar surface area (TPSA) is 20.3 Å².